The molecule has 2 aromatic rings. The van der Waals surface area contributed by atoms with Gasteiger partial charge in [-0.15, -0.1) is 0 Å². The van der Waals surface area contributed by atoms with Crippen molar-refractivity contribution >= 4 is 11.6 Å². The Bertz CT molecular complexity index is 628. The second-order valence-electron chi connectivity index (χ2n) is 4.33. The summed E-state index contributed by atoms with van der Waals surface area (Å²) in [6.45, 7) is -0.637. The number of hydrogen-bond donors (Lipinski definition) is 0. The smallest absolute Gasteiger partial charge is 0.292 e. The van der Waals surface area contributed by atoms with Crippen LogP contribution < -0.4 is 4.90 Å². The van der Waals surface area contributed by atoms with Crippen molar-refractivity contribution in [1.82, 2.24) is 4.98 Å². The van der Waals surface area contributed by atoms with Crippen molar-refractivity contribution < 1.29 is 13.6 Å². The van der Waals surface area contributed by atoms with Crippen LogP contribution in [0.2, 0.25) is 0 Å². The van der Waals surface area contributed by atoms with E-state index >= 15 is 0 Å². The number of hydrogen-bond acceptors (Lipinski definition) is 2. The fraction of sp³-hybridized carbons (Fsp3) is 0.143. The van der Waals surface area contributed by atoms with Crippen LogP contribution in [0.25, 0.3) is 0 Å². The minimum atomic E-state index is -3.01. The number of fused-ring (bicyclic) bond motifs is 1. The molecule has 0 N–H and O–H groups in total. The number of carbonyl (C=O) groups excluding carboxylic acids is 1. The molecule has 0 radical (unpaired) electrons. The summed E-state index contributed by atoms with van der Waals surface area (Å²) in [7, 11) is 0. The highest BCUT2D eigenvalue weighted by Gasteiger charge is 2.45. The molecule has 0 atom stereocenters. The topological polar surface area (TPSA) is 33.2 Å². The minimum Gasteiger partial charge on any atom is -0.300 e. The zero-order valence-corrected chi connectivity index (χ0v) is 9.88. The Morgan fingerprint density at radius 3 is 2.63 bits per heavy atom. The molecule has 0 spiro atoms. The summed E-state index contributed by atoms with van der Waals surface area (Å²) in [5.41, 5.74) is 0.303. The molecule has 0 unspecified atom stereocenters. The van der Waals surface area contributed by atoms with Gasteiger partial charge < -0.3 is 4.90 Å². The van der Waals surface area contributed by atoms with Gasteiger partial charge in [-0.3, -0.25) is 9.78 Å². The summed E-state index contributed by atoms with van der Waals surface area (Å²) in [5, 5.41) is 0. The summed E-state index contributed by atoms with van der Waals surface area (Å²) in [5.74, 6) is -3.52. The maximum Gasteiger partial charge on any atom is 0.292 e. The summed E-state index contributed by atoms with van der Waals surface area (Å²) < 4.78 is 27.7. The molecule has 96 valence electrons. The standard InChI is InChI=1S/C14H10F2N2O/c15-14(16)9-18(12-7-2-1-5-10(12)14)13(19)11-6-3-4-8-17-11/h1-8H,9H2. The van der Waals surface area contributed by atoms with E-state index in [9.17, 15) is 13.6 Å². The molecule has 5 heteroatoms. The van der Waals surface area contributed by atoms with E-state index in [1.54, 1.807) is 24.3 Å². The Kier molecular flexibility index (Phi) is 2.55. The Morgan fingerprint density at radius 1 is 1.16 bits per heavy atom. The molecule has 19 heavy (non-hydrogen) atoms. The first-order chi connectivity index (χ1) is 9.09. The molecular formula is C14H10F2N2O. The molecule has 0 saturated carbocycles. The monoisotopic (exact) mass is 260 g/mol. The number of anilines is 1. The summed E-state index contributed by atoms with van der Waals surface area (Å²) >= 11 is 0. The highest BCUT2D eigenvalue weighted by atomic mass is 19.3. The van der Waals surface area contributed by atoms with Crippen molar-refractivity contribution in [1.29, 1.82) is 0 Å². The quantitative estimate of drug-likeness (QED) is 0.790. The minimum absolute atomic E-state index is 0.112. The van der Waals surface area contributed by atoms with Crippen LogP contribution in [0.5, 0.6) is 0 Å². The van der Waals surface area contributed by atoms with Crippen LogP contribution in [0.3, 0.4) is 0 Å². The van der Waals surface area contributed by atoms with Crippen molar-refractivity contribution in [3.8, 4) is 0 Å². The first kappa shape index (κ1) is 11.8. The summed E-state index contributed by atoms with van der Waals surface area (Å²) in [4.78, 5) is 17.2. The van der Waals surface area contributed by atoms with Gasteiger partial charge in [0, 0.05) is 11.8 Å². The molecular weight excluding hydrogens is 250 g/mol. The Hall–Kier alpha value is -2.30. The Balaban J connectivity index is 2.03. The molecule has 1 amide bonds. The van der Waals surface area contributed by atoms with Gasteiger partial charge in [0.2, 0.25) is 0 Å². The lowest BCUT2D eigenvalue weighted by Crippen LogP contribution is -2.33. The number of carbonyl (C=O) groups is 1. The largest absolute Gasteiger partial charge is 0.300 e. The number of benzene rings is 1. The van der Waals surface area contributed by atoms with E-state index in [0.29, 0.717) is 0 Å². The summed E-state index contributed by atoms with van der Waals surface area (Å²) in [6, 6.07) is 10.9. The van der Waals surface area contributed by atoms with Gasteiger partial charge in [-0.25, -0.2) is 0 Å². The van der Waals surface area contributed by atoms with Crippen LogP contribution in [0.15, 0.2) is 48.7 Å². The van der Waals surface area contributed by atoms with Crippen molar-refractivity contribution in [3.05, 3.63) is 59.9 Å². The Labute approximate surface area is 108 Å². The third-order valence-electron chi connectivity index (χ3n) is 3.07. The molecule has 1 aromatic heterocycles. The zero-order chi connectivity index (χ0) is 13.5. The molecule has 3 rings (SSSR count). The van der Waals surface area contributed by atoms with Crippen LogP contribution in [0.1, 0.15) is 16.1 Å². The van der Waals surface area contributed by atoms with E-state index in [1.165, 1.54) is 24.4 Å². The van der Waals surface area contributed by atoms with Gasteiger partial charge in [-0.2, -0.15) is 8.78 Å². The fourth-order valence-electron chi connectivity index (χ4n) is 2.20. The second-order valence-corrected chi connectivity index (χ2v) is 4.33. The van der Waals surface area contributed by atoms with E-state index in [2.05, 4.69) is 4.98 Å². The van der Waals surface area contributed by atoms with Crippen molar-refractivity contribution in [2.24, 2.45) is 0 Å². The normalized spacial score (nSPS) is 16.2. The molecule has 0 saturated heterocycles. The molecule has 0 bridgehead atoms. The van der Waals surface area contributed by atoms with Crippen molar-refractivity contribution in [2.75, 3.05) is 11.4 Å². The lowest BCUT2D eigenvalue weighted by Gasteiger charge is -2.16. The molecule has 0 aliphatic carbocycles. The molecule has 0 fully saturated rings. The van der Waals surface area contributed by atoms with E-state index in [4.69, 9.17) is 0 Å². The lowest BCUT2D eigenvalue weighted by molar-refractivity contribution is 0.0138. The number of nitrogens with zero attached hydrogens (tertiary/aromatic N) is 2. The van der Waals surface area contributed by atoms with Crippen LogP contribution in [0.4, 0.5) is 14.5 Å². The van der Waals surface area contributed by atoms with Gasteiger partial charge in [-0.05, 0) is 18.2 Å². The third kappa shape index (κ3) is 1.87. The SMILES string of the molecule is O=C(c1ccccn1)N1CC(F)(F)c2ccccc21. The first-order valence-electron chi connectivity index (χ1n) is 5.80. The number of alkyl halides is 2. The highest BCUT2D eigenvalue weighted by Crippen LogP contribution is 2.43. The predicted octanol–water partition coefficient (Wildman–Crippen LogP) is 2.83. The van der Waals surface area contributed by atoms with Crippen LogP contribution in [0, 0.1) is 0 Å². The number of pyridine rings is 1. The van der Waals surface area contributed by atoms with E-state index in [-0.39, 0.29) is 16.9 Å². The average Bonchev–Trinajstić information content (AvgIpc) is 2.72. The molecule has 1 aliphatic heterocycles. The van der Waals surface area contributed by atoms with Gasteiger partial charge in [0.25, 0.3) is 11.8 Å². The lowest BCUT2D eigenvalue weighted by atomic mass is 10.1. The zero-order valence-electron chi connectivity index (χ0n) is 9.88. The highest BCUT2D eigenvalue weighted by molar-refractivity contribution is 6.06. The second kappa shape index (κ2) is 4.12. The van der Waals surface area contributed by atoms with E-state index < -0.39 is 18.4 Å². The van der Waals surface area contributed by atoms with E-state index in [1.807, 2.05) is 0 Å². The van der Waals surface area contributed by atoms with Gasteiger partial charge >= 0.3 is 0 Å². The number of para-hydroxylation sites is 1. The number of amides is 1. The van der Waals surface area contributed by atoms with Crippen LogP contribution in [-0.2, 0) is 5.92 Å². The maximum atomic E-state index is 13.8. The Morgan fingerprint density at radius 2 is 1.89 bits per heavy atom. The average molecular weight is 260 g/mol. The van der Waals surface area contributed by atoms with E-state index in [0.717, 1.165) is 4.90 Å². The predicted molar refractivity (Wildman–Crippen MR) is 66.2 cm³/mol. The van der Waals surface area contributed by atoms with Gasteiger partial charge in [0.15, 0.2) is 0 Å². The van der Waals surface area contributed by atoms with Gasteiger partial charge in [-0.1, -0.05) is 24.3 Å². The molecule has 1 aromatic carbocycles. The third-order valence-corrected chi connectivity index (χ3v) is 3.07. The van der Waals surface area contributed by atoms with Gasteiger partial charge in [0.05, 0.1) is 12.2 Å². The summed E-state index contributed by atoms with van der Waals surface area (Å²) in [6.07, 6.45) is 1.47. The van der Waals surface area contributed by atoms with Crippen molar-refractivity contribution in [2.45, 2.75) is 5.92 Å². The van der Waals surface area contributed by atoms with Crippen LogP contribution >= 0.6 is 0 Å². The molecule has 1 aliphatic rings. The van der Waals surface area contributed by atoms with Gasteiger partial charge in [0.1, 0.15) is 5.69 Å². The first-order valence-corrected chi connectivity index (χ1v) is 5.80. The molecule has 2 heterocycles. The maximum absolute atomic E-state index is 13.8. The number of aromatic nitrogens is 1. The van der Waals surface area contributed by atoms with Crippen LogP contribution in [-0.4, -0.2) is 17.4 Å². The fourth-order valence-corrected chi connectivity index (χ4v) is 2.20. The van der Waals surface area contributed by atoms with Crippen molar-refractivity contribution in [3.63, 3.8) is 0 Å². The number of rotatable bonds is 1. The number of halogens is 2. The molecule has 3 nitrogen and oxygen atoms in total.